The predicted octanol–water partition coefficient (Wildman–Crippen LogP) is 0.885. The summed E-state index contributed by atoms with van der Waals surface area (Å²) < 4.78 is 0. The fraction of sp³-hybridized carbons (Fsp3) is 0.300. The monoisotopic (exact) mass is 246 g/mol. The molecule has 92 valence electrons. The second-order valence-electron chi connectivity index (χ2n) is 3.25. The van der Waals surface area contributed by atoms with E-state index in [1.165, 1.54) is 17.0 Å². The Morgan fingerprint density at radius 2 is 2.06 bits per heavy atom. The van der Waals surface area contributed by atoms with E-state index < -0.39 is 4.92 Å². The summed E-state index contributed by atoms with van der Waals surface area (Å²) in [5.74, 6) is 0.525. The van der Waals surface area contributed by atoms with Crippen molar-refractivity contribution in [1.29, 1.82) is 10.5 Å². The number of aromatic nitrogens is 1. The van der Waals surface area contributed by atoms with Crippen molar-refractivity contribution >= 4 is 17.3 Å². The van der Waals surface area contributed by atoms with Gasteiger partial charge in [-0.1, -0.05) is 0 Å². The molecular weight excluding hydrogens is 236 g/mol. The first-order valence-corrected chi connectivity index (χ1v) is 4.95. The SMILES string of the molecule is CNc1cc([N+](=O)[O-])cc(N(CC#N)CC#N)n1. The highest BCUT2D eigenvalue weighted by atomic mass is 16.6. The van der Waals surface area contributed by atoms with E-state index in [0.717, 1.165) is 0 Å². The summed E-state index contributed by atoms with van der Waals surface area (Å²) in [5.41, 5.74) is -0.148. The molecule has 1 heterocycles. The fourth-order valence-corrected chi connectivity index (χ4v) is 1.29. The molecule has 8 nitrogen and oxygen atoms in total. The minimum absolute atomic E-state index is 0.0646. The molecule has 0 aliphatic carbocycles. The second-order valence-corrected chi connectivity index (χ2v) is 3.25. The molecule has 0 radical (unpaired) electrons. The number of hydrogen-bond donors (Lipinski definition) is 1. The van der Waals surface area contributed by atoms with Crippen molar-refractivity contribution in [2.24, 2.45) is 0 Å². The van der Waals surface area contributed by atoms with Crippen LogP contribution in [-0.2, 0) is 0 Å². The van der Waals surface area contributed by atoms with Gasteiger partial charge in [0.1, 0.15) is 24.7 Å². The lowest BCUT2D eigenvalue weighted by molar-refractivity contribution is -0.384. The van der Waals surface area contributed by atoms with Crippen LogP contribution in [0.25, 0.3) is 0 Å². The van der Waals surface area contributed by atoms with Crippen LogP contribution >= 0.6 is 0 Å². The van der Waals surface area contributed by atoms with Gasteiger partial charge in [0.2, 0.25) is 0 Å². The number of hydrogen-bond acceptors (Lipinski definition) is 7. The second kappa shape index (κ2) is 6.01. The molecule has 0 bridgehead atoms. The van der Waals surface area contributed by atoms with Gasteiger partial charge in [0.25, 0.3) is 5.69 Å². The van der Waals surface area contributed by atoms with E-state index in [1.807, 2.05) is 12.1 Å². The van der Waals surface area contributed by atoms with Crippen molar-refractivity contribution in [3.63, 3.8) is 0 Å². The highest BCUT2D eigenvalue weighted by molar-refractivity contribution is 5.56. The molecule has 0 amide bonds. The molecule has 8 heteroatoms. The average Bonchev–Trinajstić information content (AvgIpc) is 2.37. The molecule has 1 rings (SSSR count). The summed E-state index contributed by atoms with van der Waals surface area (Å²) >= 11 is 0. The van der Waals surface area contributed by atoms with Crippen LogP contribution in [0.15, 0.2) is 12.1 Å². The average molecular weight is 246 g/mol. The van der Waals surface area contributed by atoms with E-state index in [4.69, 9.17) is 10.5 Å². The van der Waals surface area contributed by atoms with Gasteiger partial charge in [0.05, 0.1) is 29.2 Å². The molecule has 0 unspecified atom stereocenters. The van der Waals surface area contributed by atoms with Crippen molar-refractivity contribution in [2.75, 3.05) is 30.4 Å². The standard InChI is InChI=1S/C10H10N6O2/c1-13-9-6-8(16(17)18)7-10(14-9)15(4-2-11)5-3-12/h6-7H,4-5H2,1H3,(H,13,14). The van der Waals surface area contributed by atoms with Gasteiger partial charge in [0, 0.05) is 7.05 Å². The van der Waals surface area contributed by atoms with Gasteiger partial charge in [-0.15, -0.1) is 0 Å². The Morgan fingerprint density at radius 1 is 1.44 bits per heavy atom. The molecule has 1 N–H and O–H groups in total. The Balaban J connectivity index is 3.21. The van der Waals surface area contributed by atoms with E-state index >= 15 is 0 Å². The molecule has 0 aliphatic heterocycles. The van der Waals surface area contributed by atoms with E-state index in [2.05, 4.69) is 10.3 Å². The minimum Gasteiger partial charge on any atom is -0.373 e. The highest BCUT2D eigenvalue weighted by Gasteiger charge is 2.15. The zero-order valence-electron chi connectivity index (χ0n) is 9.62. The summed E-state index contributed by atoms with van der Waals surface area (Å²) in [4.78, 5) is 15.6. The number of nitrogens with zero attached hydrogens (tertiary/aromatic N) is 5. The predicted molar refractivity (Wildman–Crippen MR) is 63.9 cm³/mol. The zero-order chi connectivity index (χ0) is 13.5. The first-order chi connectivity index (χ1) is 8.62. The topological polar surface area (TPSA) is 119 Å². The van der Waals surface area contributed by atoms with Crippen LogP contribution in [0.4, 0.5) is 17.3 Å². The molecule has 0 saturated carbocycles. The van der Waals surface area contributed by atoms with Crippen molar-refractivity contribution in [3.05, 3.63) is 22.2 Å². The van der Waals surface area contributed by atoms with Gasteiger partial charge in [-0.25, -0.2) is 4.98 Å². The largest absolute Gasteiger partial charge is 0.373 e. The molecule has 0 atom stereocenters. The van der Waals surface area contributed by atoms with Crippen molar-refractivity contribution < 1.29 is 4.92 Å². The lowest BCUT2D eigenvalue weighted by Crippen LogP contribution is -2.25. The van der Waals surface area contributed by atoms with E-state index in [9.17, 15) is 10.1 Å². The van der Waals surface area contributed by atoms with Crippen molar-refractivity contribution in [2.45, 2.75) is 0 Å². The number of pyridine rings is 1. The first-order valence-electron chi connectivity index (χ1n) is 4.95. The normalized spacial score (nSPS) is 9.06. The van der Waals surface area contributed by atoms with Crippen molar-refractivity contribution in [3.8, 4) is 12.1 Å². The Bertz CT molecular complexity index is 514. The Kier molecular flexibility index (Phi) is 4.41. The number of nitriles is 2. The van der Waals surface area contributed by atoms with E-state index in [-0.39, 0.29) is 24.6 Å². The van der Waals surface area contributed by atoms with Crippen LogP contribution in [0.5, 0.6) is 0 Å². The van der Waals surface area contributed by atoms with Gasteiger partial charge in [-0.2, -0.15) is 10.5 Å². The molecule has 18 heavy (non-hydrogen) atoms. The third-order valence-corrected chi connectivity index (χ3v) is 2.11. The molecule has 0 aromatic carbocycles. The van der Waals surface area contributed by atoms with Crippen LogP contribution in [0.1, 0.15) is 0 Å². The van der Waals surface area contributed by atoms with Gasteiger partial charge >= 0.3 is 0 Å². The van der Waals surface area contributed by atoms with Crippen LogP contribution < -0.4 is 10.2 Å². The molecule has 1 aromatic heterocycles. The molecule has 0 saturated heterocycles. The molecule has 1 aromatic rings. The summed E-state index contributed by atoms with van der Waals surface area (Å²) in [6.45, 7) is -0.129. The van der Waals surface area contributed by atoms with E-state index in [1.54, 1.807) is 7.05 Å². The lowest BCUT2D eigenvalue weighted by atomic mass is 10.3. The zero-order valence-corrected chi connectivity index (χ0v) is 9.62. The maximum atomic E-state index is 10.8. The maximum absolute atomic E-state index is 10.8. The summed E-state index contributed by atoms with van der Waals surface area (Å²) in [6, 6.07) is 6.27. The van der Waals surface area contributed by atoms with Crippen molar-refractivity contribution in [1.82, 2.24) is 4.98 Å². The fourth-order valence-electron chi connectivity index (χ4n) is 1.29. The Labute approximate surface area is 103 Å². The number of nitro groups is 1. The maximum Gasteiger partial charge on any atom is 0.276 e. The Morgan fingerprint density at radius 3 is 2.50 bits per heavy atom. The number of rotatable bonds is 5. The van der Waals surface area contributed by atoms with Gasteiger partial charge in [-0.3, -0.25) is 10.1 Å². The van der Waals surface area contributed by atoms with Gasteiger partial charge in [-0.05, 0) is 0 Å². The van der Waals surface area contributed by atoms with Crippen LogP contribution in [0.2, 0.25) is 0 Å². The third kappa shape index (κ3) is 3.06. The third-order valence-electron chi connectivity index (χ3n) is 2.11. The molecule has 0 spiro atoms. The van der Waals surface area contributed by atoms with Crippen LogP contribution in [0, 0.1) is 32.8 Å². The lowest BCUT2D eigenvalue weighted by Gasteiger charge is -2.17. The summed E-state index contributed by atoms with van der Waals surface area (Å²) in [6.07, 6.45) is 0. The van der Waals surface area contributed by atoms with Crippen LogP contribution in [0.3, 0.4) is 0 Å². The van der Waals surface area contributed by atoms with Crippen LogP contribution in [-0.4, -0.2) is 30.0 Å². The van der Waals surface area contributed by atoms with E-state index in [0.29, 0.717) is 5.82 Å². The molecular formula is C10H10N6O2. The van der Waals surface area contributed by atoms with Gasteiger partial charge < -0.3 is 10.2 Å². The summed E-state index contributed by atoms with van der Waals surface area (Å²) in [5, 5.41) is 30.8. The summed E-state index contributed by atoms with van der Waals surface area (Å²) in [7, 11) is 1.58. The number of nitrogens with one attached hydrogen (secondary N) is 1. The first kappa shape index (κ1) is 13.2. The quantitative estimate of drug-likeness (QED) is 0.465. The molecule has 0 fully saturated rings. The number of anilines is 2. The Hall–Kier alpha value is -2.87. The highest BCUT2D eigenvalue weighted by Crippen LogP contribution is 2.22. The molecule has 0 aliphatic rings. The smallest absolute Gasteiger partial charge is 0.276 e. The van der Waals surface area contributed by atoms with Gasteiger partial charge in [0.15, 0.2) is 0 Å². The minimum atomic E-state index is -0.553.